The van der Waals surface area contributed by atoms with Gasteiger partial charge in [0.2, 0.25) is 0 Å². The van der Waals surface area contributed by atoms with E-state index in [9.17, 15) is 14.7 Å². The minimum absolute atomic E-state index is 0.0999. The second kappa shape index (κ2) is 7.23. The molecule has 0 bridgehead atoms. The third-order valence-electron chi connectivity index (χ3n) is 5.90. The number of hydrogen-bond acceptors (Lipinski definition) is 6. The third kappa shape index (κ3) is 3.31. The molecular formula is C23H23N3O4S. The lowest BCUT2D eigenvalue weighted by molar-refractivity contribution is 0.0694. The Morgan fingerprint density at radius 1 is 1.26 bits per heavy atom. The monoisotopic (exact) mass is 437 g/mol. The highest BCUT2D eigenvalue weighted by Gasteiger charge is 2.29. The lowest BCUT2D eigenvalue weighted by atomic mass is 9.97. The average Bonchev–Trinajstić information content (AvgIpc) is 3.48. The molecule has 1 fully saturated rings. The van der Waals surface area contributed by atoms with Crippen molar-refractivity contribution < 1.29 is 14.6 Å². The number of hydrogen-bond donors (Lipinski definition) is 1. The van der Waals surface area contributed by atoms with E-state index in [1.807, 2.05) is 26.1 Å². The summed E-state index contributed by atoms with van der Waals surface area (Å²) in [6.07, 6.45) is 5.86. The summed E-state index contributed by atoms with van der Waals surface area (Å²) in [5, 5.41) is 12.4. The summed E-state index contributed by atoms with van der Waals surface area (Å²) in [5.74, 6) is 0.112. The SMILES string of the molecule is COc1cc2c(cc1-c1ncc(C3CC3)s1)CN(C(C)C)n1cc(C(=O)O)c(=O)cc1-2. The number of carbonyl (C=O) groups is 1. The number of pyridine rings is 1. The van der Waals surface area contributed by atoms with Gasteiger partial charge in [-0.2, -0.15) is 0 Å². The van der Waals surface area contributed by atoms with E-state index in [1.54, 1.807) is 23.1 Å². The Bertz CT molecular complexity index is 1260. The summed E-state index contributed by atoms with van der Waals surface area (Å²) >= 11 is 1.71. The average molecular weight is 438 g/mol. The zero-order chi connectivity index (χ0) is 21.9. The normalized spacial score (nSPS) is 15.0. The van der Waals surface area contributed by atoms with Crippen molar-refractivity contribution in [3.8, 4) is 27.6 Å². The number of nitrogens with zero attached hydrogens (tertiary/aromatic N) is 3. The van der Waals surface area contributed by atoms with E-state index in [-0.39, 0.29) is 11.6 Å². The summed E-state index contributed by atoms with van der Waals surface area (Å²) in [7, 11) is 1.63. The van der Waals surface area contributed by atoms with Crippen LogP contribution in [0.4, 0.5) is 0 Å². The van der Waals surface area contributed by atoms with E-state index in [0.717, 1.165) is 21.7 Å². The first-order valence-corrected chi connectivity index (χ1v) is 11.1. The minimum Gasteiger partial charge on any atom is -0.496 e. The number of methoxy groups -OCH3 is 1. The van der Waals surface area contributed by atoms with Crippen LogP contribution in [0, 0.1) is 0 Å². The highest BCUT2D eigenvalue weighted by molar-refractivity contribution is 7.15. The molecule has 1 aliphatic heterocycles. The van der Waals surface area contributed by atoms with Gasteiger partial charge in [0.1, 0.15) is 16.3 Å². The van der Waals surface area contributed by atoms with Gasteiger partial charge in [0, 0.05) is 34.9 Å². The molecule has 160 valence electrons. The van der Waals surface area contributed by atoms with Gasteiger partial charge in [-0.1, -0.05) is 0 Å². The zero-order valence-corrected chi connectivity index (χ0v) is 18.4. The van der Waals surface area contributed by atoms with Gasteiger partial charge in [-0.05, 0) is 50.3 Å². The summed E-state index contributed by atoms with van der Waals surface area (Å²) in [6, 6.07) is 5.54. The number of ether oxygens (including phenoxy) is 1. The number of aromatic nitrogens is 2. The van der Waals surface area contributed by atoms with Crippen LogP contribution in [0.5, 0.6) is 5.75 Å². The Balaban J connectivity index is 1.69. The van der Waals surface area contributed by atoms with Crippen LogP contribution >= 0.6 is 11.3 Å². The van der Waals surface area contributed by atoms with E-state index in [2.05, 4.69) is 16.1 Å². The fourth-order valence-corrected chi connectivity index (χ4v) is 5.18. The molecule has 1 aliphatic carbocycles. The number of thiazole rings is 1. The molecule has 0 saturated heterocycles. The molecule has 0 spiro atoms. The fourth-order valence-electron chi connectivity index (χ4n) is 4.08. The summed E-state index contributed by atoms with van der Waals surface area (Å²) < 4.78 is 7.49. The van der Waals surface area contributed by atoms with Crippen LogP contribution in [0.2, 0.25) is 0 Å². The van der Waals surface area contributed by atoms with Crippen LogP contribution in [0.25, 0.3) is 21.8 Å². The molecule has 0 atom stereocenters. The summed E-state index contributed by atoms with van der Waals surface area (Å²) in [6.45, 7) is 4.67. The molecule has 8 heteroatoms. The zero-order valence-electron chi connectivity index (χ0n) is 17.6. The molecule has 0 radical (unpaired) electrons. The van der Waals surface area contributed by atoms with Crippen molar-refractivity contribution in [2.45, 2.75) is 45.2 Å². The van der Waals surface area contributed by atoms with Crippen molar-refractivity contribution in [3.63, 3.8) is 0 Å². The van der Waals surface area contributed by atoms with Crippen LogP contribution < -0.4 is 15.2 Å². The first-order valence-electron chi connectivity index (χ1n) is 10.3. The second-order valence-electron chi connectivity index (χ2n) is 8.33. The molecule has 5 rings (SSSR count). The third-order valence-corrected chi connectivity index (χ3v) is 7.10. The second-order valence-corrected chi connectivity index (χ2v) is 9.39. The molecule has 2 aromatic heterocycles. The first-order chi connectivity index (χ1) is 14.9. The van der Waals surface area contributed by atoms with Crippen molar-refractivity contribution in [1.29, 1.82) is 0 Å². The highest BCUT2D eigenvalue weighted by Crippen LogP contribution is 2.46. The molecule has 3 heterocycles. The Morgan fingerprint density at radius 3 is 2.68 bits per heavy atom. The van der Waals surface area contributed by atoms with Gasteiger partial charge in [-0.3, -0.25) is 9.47 Å². The number of rotatable bonds is 5. The van der Waals surface area contributed by atoms with Gasteiger partial charge >= 0.3 is 5.97 Å². The number of aromatic carboxylic acids is 1. The smallest absolute Gasteiger partial charge is 0.341 e. The van der Waals surface area contributed by atoms with Gasteiger partial charge in [-0.25, -0.2) is 9.78 Å². The summed E-state index contributed by atoms with van der Waals surface area (Å²) in [4.78, 5) is 30.0. The van der Waals surface area contributed by atoms with Gasteiger partial charge in [-0.15, -0.1) is 11.3 Å². The molecule has 3 aromatic rings. The predicted molar refractivity (Wildman–Crippen MR) is 120 cm³/mol. The molecule has 1 aromatic carbocycles. The predicted octanol–water partition coefficient (Wildman–Crippen LogP) is 4.08. The molecular weight excluding hydrogens is 414 g/mol. The topological polar surface area (TPSA) is 84.7 Å². The van der Waals surface area contributed by atoms with E-state index in [1.165, 1.54) is 30.0 Å². The van der Waals surface area contributed by atoms with Gasteiger partial charge < -0.3 is 14.9 Å². The highest BCUT2D eigenvalue weighted by atomic mass is 32.1. The van der Waals surface area contributed by atoms with Crippen molar-refractivity contribution in [2.75, 3.05) is 12.1 Å². The van der Waals surface area contributed by atoms with Crippen LogP contribution in [0.3, 0.4) is 0 Å². The Hall–Kier alpha value is -3.13. The van der Waals surface area contributed by atoms with Crippen molar-refractivity contribution in [3.05, 3.63) is 56.8 Å². The van der Waals surface area contributed by atoms with E-state index >= 15 is 0 Å². The van der Waals surface area contributed by atoms with Crippen molar-refractivity contribution >= 4 is 17.3 Å². The fraction of sp³-hybridized carbons (Fsp3) is 0.348. The van der Waals surface area contributed by atoms with Crippen LogP contribution in [-0.2, 0) is 6.54 Å². The quantitative estimate of drug-likeness (QED) is 0.647. The number of carboxylic acid groups (broad SMARTS) is 1. The van der Waals surface area contributed by atoms with Crippen LogP contribution in [-0.4, -0.2) is 33.9 Å². The number of benzene rings is 1. The molecule has 0 amide bonds. The first kappa shape index (κ1) is 19.8. The Kier molecular flexibility index (Phi) is 4.62. The maximum atomic E-state index is 12.5. The molecule has 7 nitrogen and oxygen atoms in total. The Morgan fingerprint density at radius 2 is 2.03 bits per heavy atom. The lowest BCUT2D eigenvalue weighted by Crippen LogP contribution is -2.44. The number of carboxylic acids is 1. The molecule has 1 saturated carbocycles. The van der Waals surface area contributed by atoms with Crippen LogP contribution in [0.15, 0.2) is 35.4 Å². The van der Waals surface area contributed by atoms with Crippen molar-refractivity contribution in [2.24, 2.45) is 0 Å². The molecule has 1 N–H and O–H groups in total. The van der Waals surface area contributed by atoms with Gasteiger partial charge in [0.15, 0.2) is 5.43 Å². The van der Waals surface area contributed by atoms with Gasteiger partial charge in [0.05, 0.1) is 24.9 Å². The van der Waals surface area contributed by atoms with Crippen molar-refractivity contribution in [1.82, 2.24) is 9.66 Å². The lowest BCUT2D eigenvalue weighted by Gasteiger charge is -2.38. The maximum absolute atomic E-state index is 12.5. The van der Waals surface area contributed by atoms with Gasteiger partial charge in [0.25, 0.3) is 0 Å². The minimum atomic E-state index is -1.22. The maximum Gasteiger partial charge on any atom is 0.341 e. The standard InChI is InChI=1S/C23H23N3O4S/c1-12(2)25-10-14-6-16(22-24-9-21(31-22)13-4-5-13)20(30-3)7-15(14)18-8-19(27)17(23(28)29)11-26(18)25/h6-9,11-13H,4-5,10H2,1-3H3,(H,28,29). The Labute approximate surface area is 183 Å². The molecule has 2 aliphatic rings. The molecule has 0 unspecified atom stereocenters. The van der Waals surface area contributed by atoms with E-state index < -0.39 is 11.4 Å². The van der Waals surface area contributed by atoms with Crippen LogP contribution in [0.1, 0.15) is 53.4 Å². The molecule has 31 heavy (non-hydrogen) atoms. The van der Waals surface area contributed by atoms with E-state index in [4.69, 9.17) is 4.74 Å². The number of fused-ring (bicyclic) bond motifs is 3. The van der Waals surface area contributed by atoms with E-state index in [0.29, 0.717) is 23.9 Å². The summed E-state index contributed by atoms with van der Waals surface area (Å²) in [5.41, 5.74) is 2.78. The largest absolute Gasteiger partial charge is 0.496 e.